The molecule has 1 aliphatic rings. The summed E-state index contributed by atoms with van der Waals surface area (Å²) in [5.74, 6) is -2.50. The van der Waals surface area contributed by atoms with Crippen LogP contribution in [0.4, 0.5) is 9.18 Å². The van der Waals surface area contributed by atoms with Crippen molar-refractivity contribution < 1.29 is 33.0 Å². The Balaban J connectivity index is 2.61. The van der Waals surface area contributed by atoms with Crippen LogP contribution < -0.4 is 5.32 Å². The number of hydrogen-bond acceptors (Lipinski definition) is 5. The second kappa shape index (κ2) is 6.23. The van der Waals surface area contributed by atoms with E-state index in [2.05, 4.69) is 14.8 Å². The topological polar surface area (TPSA) is 118 Å². The van der Waals surface area contributed by atoms with Gasteiger partial charge >= 0.3 is 17.8 Å². The molecule has 0 saturated heterocycles. The Bertz CT molecular complexity index is 542. The lowest BCUT2D eigenvalue weighted by Crippen LogP contribution is -2.59. The molecule has 122 valence electrons. The van der Waals surface area contributed by atoms with Crippen LogP contribution in [0.15, 0.2) is 0 Å². The third-order valence-corrected chi connectivity index (χ3v) is 2.96. The number of nitrogens with one attached hydrogen (secondary N) is 1. The summed E-state index contributed by atoms with van der Waals surface area (Å²) in [4.78, 5) is 37.0. The van der Waals surface area contributed by atoms with Crippen molar-refractivity contribution in [1.82, 2.24) is 5.32 Å². The summed E-state index contributed by atoms with van der Waals surface area (Å²) < 4.78 is 23.6. The summed E-state index contributed by atoms with van der Waals surface area (Å²) in [6.07, 6.45) is -1.42. The van der Waals surface area contributed by atoms with Crippen LogP contribution in [0, 0.1) is 0 Å². The Labute approximate surface area is 126 Å². The van der Waals surface area contributed by atoms with Crippen molar-refractivity contribution in [1.29, 1.82) is 0 Å². The van der Waals surface area contributed by atoms with Gasteiger partial charge in [0.25, 0.3) is 5.78 Å². The van der Waals surface area contributed by atoms with Crippen molar-refractivity contribution in [3.63, 3.8) is 0 Å². The number of amides is 1. The van der Waals surface area contributed by atoms with Crippen molar-refractivity contribution in [3.8, 4) is 0 Å². The zero-order valence-corrected chi connectivity index (χ0v) is 12.8. The van der Waals surface area contributed by atoms with Gasteiger partial charge in [0.15, 0.2) is 5.67 Å². The van der Waals surface area contributed by atoms with E-state index in [1.165, 1.54) is 0 Å². The van der Waals surface area contributed by atoms with E-state index in [0.29, 0.717) is 0 Å². The number of ether oxygens (including phenoxy) is 2. The Morgan fingerprint density at radius 1 is 1.32 bits per heavy atom. The predicted molar refractivity (Wildman–Crippen MR) is 71.9 cm³/mol. The fourth-order valence-corrected chi connectivity index (χ4v) is 1.97. The molecule has 1 fully saturated rings. The molecule has 1 amide bonds. The fraction of sp³-hybridized carbons (Fsp3) is 0.692. The lowest BCUT2D eigenvalue weighted by atomic mass is 9.73. The Morgan fingerprint density at radius 3 is 2.27 bits per heavy atom. The first-order valence-electron chi connectivity index (χ1n) is 6.56. The second-order valence-corrected chi connectivity index (χ2v) is 5.99. The van der Waals surface area contributed by atoms with Gasteiger partial charge in [-0.25, -0.2) is 14.0 Å². The SMILES string of the molecule is COC(=O)C(=[N+]=[N-])C(=O)C1(F)CC(NC(=O)OC(C)(C)C)C1. The molecule has 1 aliphatic carbocycles. The fourth-order valence-electron chi connectivity index (χ4n) is 1.97. The van der Waals surface area contributed by atoms with Crippen LogP contribution in [0.5, 0.6) is 0 Å². The van der Waals surface area contributed by atoms with Crippen LogP contribution in [0.1, 0.15) is 33.6 Å². The van der Waals surface area contributed by atoms with Crippen LogP contribution in [0.3, 0.4) is 0 Å². The van der Waals surface area contributed by atoms with Crippen molar-refractivity contribution >= 4 is 23.6 Å². The van der Waals surface area contributed by atoms with Gasteiger partial charge in [-0.15, -0.1) is 0 Å². The van der Waals surface area contributed by atoms with Gasteiger partial charge in [0, 0.05) is 18.9 Å². The van der Waals surface area contributed by atoms with E-state index < -0.39 is 40.9 Å². The maximum Gasteiger partial charge on any atom is 0.444 e. The largest absolute Gasteiger partial charge is 0.460 e. The number of carbonyl (C=O) groups excluding carboxylic acids is 3. The molecule has 1 rings (SSSR count). The highest BCUT2D eigenvalue weighted by atomic mass is 19.1. The first-order chi connectivity index (χ1) is 10.0. The van der Waals surface area contributed by atoms with Gasteiger partial charge in [0.2, 0.25) is 0 Å². The molecular weight excluding hydrogens is 297 g/mol. The van der Waals surface area contributed by atoms with Gasteiger partial charge in [0.1, 0.15) is 5.60 Å². The van der Waals surface area contributed by atoms with E-state index in [0.717, 1.165) is 7.11 Å². The average Bonchev–Trinajstić information content (AvgIpc) is 2.34. The van der Waals surface area contributed by atoms with Gasteiger partial charge in [-0.2, -0.15) is 4.79 Å². The Hall–Kier alpha value is -2.28. The Morgan fingerprint density at radius 2 is 1.86 bits per heavy atom. The average molecular weight is 315 g/mol. The summed E-state index contributed by atoms with van der Waals surface area (Å²) in [7, 11) is 0.972. The summed E-state index contributed by atoms with van der Waals surface area (Å²) in [6, 6.07) is -0.610. The molecule has 0 unspecified atom stereocenters. The number of hydrogen-bond donors (Lipinski definition) is 1. The molecule has 22 heavy (non-hydrogen) atoms. The van der Waals surface area contributed by atoms with E-state index in [1.54, 1.807) is 20.8 Å². The number of halogens is 1. The standard InChI is InChI=1S/C13H18FN3O5/c1-12(2,3)22-11(20)16-7-5-13(14,6-7)9(18)8(17-15)10(19)21-4/h7H,5-6H2,1-4H3,(H,16,20). The molecule has 0 aromatic rings. The van der Waals surface area contributed by atoms with Gasteiger partial charge in [-0.3, -0.25) is 4.79 Å². The molecule has 0 bridgehead atoms. The van der Waals surface area contributed by atoms with Crippen molar-refractivity contribution in [3.05, 3.63) is 5.53 Å². The number of methoxy groups -OCH3 is 1. The van der Waals surface area contributed by atoms with Crippen molar-refractivity contribution in [2.24, 2.45) is 0 Å². The number of alkyl halides is 1. The van der Waals surface area contributed by atoms with E-state index in [1.807, 2.05) is 0 Å². The number of rotatable bonds is 4. The van der Waals surface area contributed by atoms with Crippen LogP contribution in [0.25, 0.3) is 5.53 Å². The monoisotopic (exact) mass is 315 g/mol. The smallest absolute Gasteiger partial charge is 0.444 e. The number of alkyl carbamates (subject to hydrolysis) is 1. The molecule has 9 heteroatoms. The second-order valence-electron chi connectivity index (χ2n) is 5.99. The zero-order chi connectivity index (χ0) is 17.1. The molecule has 0 aromatic heterocycles. The van der Waals surface area contributed by atoms with Crippen LogP contribution in [-0.4, -0.2) is 52.8 Å². The molecule has 1 N–H and O–H groups in total. The first kappa shape index (κ1) is 17.8. The van der Waals surface area contributed by atoms with Crippen LogP contribution >= 0.6 is 0 Å². The quantitative estimate of drug-likeness (QED) is 0.270. The van der Waals surface area contributed by atoms with Gasteiger partial charge < -0.3 is 20.3 Å². The Kier molecular flexibility index (Phi) is 5.03. The number of ketones is 1. The maximum absolute atomic E-state index is 14.3. The number of carbonyl (C=O) groups is 3. The summed E-state index contributed by atoms with van der Waals surface area (Å²) >= 11 is 0. The highest BCUT2D eigenvalue weighted by molar-refractivity contribution is 6.64. The molecule has 0 atom stereocenters. The van der Waals surface area contributed by atoms with Crippen LogP contribution in [-0.2, 0) is 19.1 Å². The van der Waals surface area contributed by atoms with Gasteiger partial charge in [0.05, 0.1) is 7.11 Å². The highest BCUT2D eigenvalue weighted by Crippen LogP contribution is 2.37. The number of esters is 1. The van der Waals surface area contributed by atoms with Gasteiger partial charge in [-0.05, 0) is 20.8 Å². The van der Waals surface area contributed by atoms with Gasteiger partial charge in [-0.1, -0.05) is 0 Å². The molecule has 8 nitrogen and oxygen atoms in total. The van der Waals surface area contributed by atoms with Crippen molar-refractivity contribution in [2.75, 3.05) is 7.11 Å². The summed E-state index contributed by atoms with van der Waals surface area (Å²) in [5.41, 5.74) is 4.54. The summed E-state index contributed by atoms with van der Waals surface area (Å²) in [6.45, 7) is 5.03. The molecule has 0 spiro atoms. The van der Waals surface area contributed by atoms with E-state index in [-0.39, 0.29) is 12.8 Å². The molecule has 0 heterocycles. The first-order valence-corrected chi connectivity index (χ1v) is 6.56. The lowest BCUT2D eigenvalue weighted by Gasteiger charge is -2.39. The third-order valence-electron chi connectivity index (χ3n) is 2.96. The van der Waals surface area contributed by atoms with E-state index >= 15 is 0 Å². The van der Waals surface area contributed by atoms with Crippen molar-refractivity contribution in [2.45, 2.75) is 50.9 Å². The molecule has 1 saturated carbocycles. The molecule has 0 aromatic carbocycles. The molecule has 0 aliphatic heterocycles. The minimum Gasteiger partial charge on any atom is -0.460 e. The third kappa shape index (κ3) is 4.11. The highest BCUT2D eigenvalue weighted by Gasteiger charge is 2.57. The predicted octanol–water partition coefficient (Wildman–Crippen LogP) is 0.795. The maximum atomic E-state index is 14.3. The lowest BCUT2D eigenvalue weighted by molar-refractivity contribution is -0.144. The minimum absolute atomic E-state index is 0.346. The van der Waals surface area contributed by atoms with Crippen LogP contribution in [0.2, 0.25) is 0 Å². The normalized spacial score (nSPS) is 23.6. The molecule has 0 radical (unpaired) electrons. The number of Topliss-reactive ketones (excluding diaryl/α,β-unsaturated/α-hetero) is 1. The zero-order valence-electron chi connectivity index (χ0n) is 12.8. The van der Waals surface area contributed by atoms with E-state index in [9.17, 15) is 18.8 Å². The van der Waals surface area contributed by atoms with E-state index in [4.69, 9.17) is 10.3 Å². The minimum atomic E-state index is -2.38. The summed E-state index contributed by atoms with van der Waals surface area (Å²) in [5, 5.41) is 2.41. The molecular formula is C13H18FN3O5. The number of nitrogens with zero attached hydrogens (tertiary/aromatic N) is 2.